The molecule has 0 saturated heterocycles. The zero-order valence-corrected chi connectivity index (χ0v) is 18.1. The van der Waals surface area contributed by atoms with E-state index in [0.717, 1.165) is 42.9 Å². The lowest BCUT2D eigenvalue weighted by Crippen LogP contribution is -2.22. The lowest BCUT2D eigenvalue weighted by atomic mass is 10.2. The highest BCUT2D eigenvalue weighted by Crippen LogP contribution is 2.16. The van der Waals surface area contributed by atoms with E-state index in [1.165, 1.54) is 5.01 Å². The Hall–Kier alpha value is -1.35. The molecule has 0 aliphatic heterocycles. The van der Waals surface area contributed by atoms with Crippen molar-refractivity contribution in [3.05, 3.63) is 40.3 Å². The third-order valence-corrected chi connectivity index (χ3v) is 4.27. The summed E-state index contributed by atoms with van der Waals surface area (Å²) in [4.78, 5) is 8.82. The van der Waals surface area contributed by atoms with Gasteiger partial charge in [0.1, 0.15) is 5.75 Å². The maximum Gasteiger partial charge on any atom is 0.193 e. The Labute approximate surface area is 171 Å². The van der Waals surface area contributed by atoms with Gasteiger partial charge in [0.15, 0.2) is 5.96 Å². The number of guanidine groups is 1. The fraction of sp³-hybridized carbons (Fsp3) is 0.444. The first kappa shape index (κ1) is 21.7. The van der Waals surface area contributed by atoms with Gasteiger partial charge in [-0.1, -0.05) is 0 Å². The van der Waals surface area contributed by atoms with Crippen LogP contribution >= 0.6 is 35.3 Å². The summed E-state index contributed by atoms with van der Waals surface area (Å²) < 4.78 is 5.61. The molecule has 2 aromatic rings. The molecule has 0 spiro atoms. The number of thiazole rings is 1. The smallest absolute Gasteiger partial charge is 0.193 e. The van der Waals surface area contributed by atoms with E-state index in [0.29, 0.717) is 5.96 Å². The first-order valence-electron chi connectivity index (χ1n) is 8.27. The second kappa shape index (κ2) is 11.3. The van der Waals surface area contributed by atoms with Gasteiger partial charge in [0.2, 0.25) is 0 Å². The molecule has 5 nitrogen and oxygen atoms in total. The molecule has 0 aliphatic carbocycles. The van der Waals surface area contributed by atoms with Gasteiger partial charge in [-0.05, 0) is 64.3 Å². The standard InChI is InChI=1S/C18H26N4OS.HI/c1-13(2)23-16-9-7-15(8-10-16)22-18(19)20-11-5-4-6-17-21-14(3)12-24-17;/h7-10,12-13H,4-6,11H2,1-3H3,(H3,19,20,22);1H. The number of benzene rings is 1. The largest absolute Gasteiger partial charge is 0.491 e. The number of aromatic nitrogens is 1. The number of anilines is 1. The molecular formula is C18H27IN4OS. The SMILES string of the molecule is Cc1csc(CCCCN=C(N)Nc2ccc(OC(C)C)cc2)n1.I. The number of rotatable bonds is 8. The Bertz CT molecular complexity index is 655. The molecule has 0 unspecified atom stereocenters. The third-order valence-electron chi connectivity index (χ3n) is 3.25. The molecule has 138 valence electrons. The van der Waals surface area contributed by atoms with E-state index in [1.807, 2.05) is 45.0 Å². The second-order valence-corrected chi connectivity index (χ2v) is 6.87. The second-order valence-electron chi connectivity index (χ2n) is 5.92. The van der Waals surface area contributed by atoms with Crippen LogP contribution in [0, 0.1) is 6.92 Å². The highest BCUT2D eigenvalue weighted by atomic mass is 127. The van der Waals surface area contributed by atoms with Crippen LogP contribution in [0.2, 0.25) is 0 Å². The van der Waals surface area contributed by atoms with Crippen molar-refractivity contribution in [2.24, 2.45) is 10.7 Å². The van der Waals surface area contributed by atoms with Gasteiger partial charge in [0.05, 0.1) is 11.1 Å². The Morgan fingerprint density at radius 2 is 2.00 bits per heavy atom. The first-order chi connectivity index (χ1) is 11.5. The summed E-state index contributed by atoms with van der Waals surface area (Å²) in [5.74, 6) is 1.29. The summed E-state index contributed by atoms with van der Waals surface area (Å²) >= 11 is 1.73. The van der Waals surface area contributed by atoms with E-state index in [9.17, 15) is 0 Å². The molecule has 0 bridgehead atoms. The van der Waals surface area contributed by atoms with Gasteiger partial charge < -0.3 is 15.8 Å². The van der Waals surface area contributed by atoms with Gasteiger partial charge in [-0.15, -0.1) is 35.3 Å². The number of hydrogen-bond acceptors (Lipinski definition) is 4. The van der Waals surface area contributed by atoms with E-state index in [4.69, 9.17) is 10.5 Å². The van der Waals surface area contributed by atoms with Crippen LogP contribution in [0.3, 0.4) is 0 Å². The van der Waals surface area contributed by atoms with E-state index in [-0.39, 0.29) is 30.1 Å². The normalized spacial score (nSPS) is 11.3. The topological polar surface area (TPSA) is 72.5 Å². The minimum absolute atomic E-state index is 0. The number of nitrogens with two attached hydrogens (primary N) is 1. The Balaban J connectivity index is 0.00000312. The fourth-order valence-electron chi connectivity index (χ4n) is 2.18. The number of nitrogens with one attached hydrogen (secondary N) is 1. The lowest BCUT2D eigenvalue weighted by molar-refractivity contribution is 0.242. The van der Waals surface area contributed by atoms with Crippen molar-refractivity contribution in [3.8, 4) is 5.75 Å². The molecule has 1 aromatic carbocycles. The lowest BCUT2D eigenvalue weighted by Gasteiger charge is -2.10. The van der Waals surface area contributed by atoms with Gasteiger partial charge in [-0.3, -0.25) is 4.99 Å². The molecule has 0 fully saturated rings. The van der Waals surface area contributed by atoms with Crippen LogP contribution < -0.4 is 15.8 Å². The minimum atomic E-state index is 0. The molecule has 3 N–H and O–H groups in total. The highest BCUT2D eigenvalue weighted by Gasteiger charge is 2.00. The van der Waals surface area contributed by atoms with Crippen molar-refractivity contribution in [3.63, 3.8) is 0 Å². The predicted molar refractivity (Wildman–Crippen MR) is 118 cm³/mol. The summed E-state index contributed by atoms with van der Waals surface area (Å²) in [5.41, 5.74) is 7.93. The first-order valence-corrected chi connectivity index (χ1v) is 9.15. The average Bonchev–Trinajstić information content (AvgIpc) is 2.94. The van der Waals surface area contributed by atoms with E-state index >= 15 is 0 Å². The summed E-state index contributed by atoms with van der Waals surface area (Å²) in [6, 6.07) is 7.72. The van der Waals surface area contributed by atoms with Crippen LogP contribution in [0.4, 0.5) is 5.69 Å². The van der Waals surface area contributed by atoms with Crippen molar-refractivity contribution in [2.75, 3.05) is 11.9 Å². The molecule has 7 heteroatoms. The number of hydrogen-bond donors (Lipinski definition) is 2. The summed E-state index contributed by atoms with van der Waals surface area (Å²) in [6.07, 6.45) is 3.26. The number of unbranched alkanes of at least 4 members (excludes halogenated alkanes) is 1. The van der Waals surface area contributed by atoms with Gasteiger partial charge in [0.25, 0.3) is 0 Å². The molecule has 25 heavy (non-hydrogen) atoms. The highest BCUT2D eigenvalue weighted by molar-refractivity contribution is 14.0. The summed E-state index contributed by atoms with van der Waals surface area (Å²) in [6.45, 7) is 6.76. The van der Waals surface area contributed by atoms with Crippen LogP contribution in [-0.4, -0.2) is 23.6 Å². The molecule has 1 heterocycles. The predicted octanol–water partition coefficient (Wildman–Crippen LogP) is 4.61. The van der Waals surface area contributed by atoms with E-state index in [1.54, 1.807) is 11.3 Å². The number of halogens is 1. The van der Waals surface area contributed by atoms with Crippen molar-refractivity contribution >= 4 is 47.0 Å². The molecular weight excluding hydrogens is 447 g/mol. The zero-order chi connectivity index (χ0) is 17.4. The number of nitrogens with zero attached hydrogens (tertiary/aromatic N) is 2. The average molecular weight is 474 g/mol. The van der Waals surface area contributed by atoms with Crippen molar-refractivity contribution in [1.29, 1.82) is 0 Å². The molecule has 0 amide bonds. The van der Waals surface area contributed by atoms with Crippen LogP contribution in [0.1, 0.15) is 37.4 Å². The quantitative estimate of drug-likeness (QED) is 0.254. The van der Waals surface area contributed by atoms with Gasteiger partial charge in [-0.2, -0.15) is 0 Å². The minimum Gasteiger partial charge on any atom is -0.491 e. The maximum atomic E-state index is 5.92. The number of aliphatic imine (C=N–C) groups is 1. The molecule has 2 rings (SSSR count). The Morgan fingerprint density at radius 1 is 1.28 bits per heavy atom. The summed E-state index contributed by atoms with van der Waals surface area (Å²) in [7, 11) is 0. The summed E-state index contributed by atoms with van der Waals surface area (Å²) in [5, 5.41) is 6.39. The fourth-order valence-corrected chi connectivity index (χ4v) is 3.00. The molecule has 0 saturated carbocycles. The van der Waals surface area contributed by atoms with Crippen LogP contribution in [0.15, 0.2) is 34.6 Å². The zero-order valence-electron chi connectivity index (χ0n) is 15.0. The van der Waals surface area contributed by atoms with E-state index in [2.05, 4.69) is 20.7 Å². The van der Waals surface area contributed by atoms with Crippen LogP contribution in [0.25, 0.3) is 0 Å². The Kier molecular flexibility index (Phi) is 9.81. The number of aryl methyl sites for hydroxylation is 2. The molecule has 0 atom stereocenters. The molecule has 1 aromatic heterocycles. The molecule has 0 aliphatic rings. The van der Waals surface area contributed by atoms with Gasteiger partial charge >= 0.3 is 0 Å². The van der Waals surface area contributed by atoms with Crippen molar-refractivity contribution in [1.82, 2.24) is 4.98 Å². The molecule has 0 radical (unpaired) electrons. The van der Waals surface area contributed by atoms with Gasteiger partial charge in [-0.25, -0.2) is 4.98 Å². The van der Waals surface area contributed by atoms with Crippen molar-refractivity contribution < 1.29 is 4.74 Å². The van der Waals surface area contributed by atoms with Crippen LogP contribution in [0.5, 0.6) is 5.75 Å². The maximum absolute atomic E-state index is 5.92. The Morgan fingerprint density at radius 3 is 2.60 bits per heavy atom. The van der Waals surface area contributed by atoms with Gasteiger partial charge in [0, 0.05) is 23.3 Å². The van der Waals surface area contributed by atoms with Crippen LogP contribution in [-0.2, 0) is 6.42 Å². The van der Waals surface area contributed by atoms with E-state index < -0.39 is 0 Å². The third kappa shape index (κ3) is 8.53. The number of ether oxygens (including phenoxy) is 1. The van der Waals surface area contributed by atoms with Crippen molar-refractivity contribution in [2.45, 2.75) is 46.1 Å². The monoisotopic (exact) mass is 474 g/mol.